The fourth-order valence-electron chi connectivity index (χ4n) is 3.15. The van der Waals surface area contributed by atoms with Crippen LogP contribution in [0.2, 0.25) is 5.02 Å². The standard InChI is InChI=1S/C17H14ClFN2O2S.C2HF3O2/c18-14-8-13(4-5-15(14)19)24(22,23)21-10-12-6-7-20-9-11-2-1-3-16(21)17(11)12;3-2(4,5)1(6)7/h1-5,8,10,20H,6-7,9H2;(H,6,7). The topological polar surface area (TPSA) is 88.4 Å². The van der Waals surface area contributed by atoms with Gasteiger partial charge in [-0.15, -0.1) is 0 Å². The molecule has 2 N–H and O–H groups in total. The Morgan fingerprint density at radius 2 is 1.84 bits per heavy atom. The van der Waals surface area contributed by atoms with Crippen molar-refractivity contribution in [3.63, 3.8) is 0 Å². The van der Waals surface area contributed by atoms with Crippen LogP contribution < -0.4 is 5.32 Å². The summed E-state index contributed by atoms with van der Waals surface area (Å²) in [6.45, 7) is 1.49. The van der Waals surface area contributed by atoms with E-state index in [1.54, 1.807) is 12.3 Å². The van der Waals surface area contributed by atoms with E-state index in [1.165, 1.54) is 10.0 Å². The molecular formula is C19H15ClF4N2O4S. The number of carbonyl (C=O) groups is 1. The lowest BCUT2D eigenvalue weighted by Gasteiger charge is -2.09. The first-order valence-electron chi connectivity index (χ1n) is 8.76. The van der Waals surface area contributed by atoms with E-state index >= 15 is 0 Å². The zero-order valence-electron chi connectivity index (χ0n) is 15.6. The van der Waals surface area contributed by atoms with Gasteiger partial charge in [0, 0.05) is 18.1 Å². The predicted octanol–water partition coefficient (Wildman–Crippen LogP) is 3.95. The number of benzene rings is 2. The Morgan fingerprint density at radius 3 is 2.45 bits per heavy atom. The maximum Gasteiger partial charge on any atom is 0.490 e. The molecule has 0 radical (unpaired) electrons. The van der Waals surface area contributed by atoms with E-state index in [1.807, 2.05) is 12.1 Å². The zero-order chi connectivity index (χ0) is 23.0. The number of alkyl halides is 3. The van der Waals surface area contributed by atoms with Crippen molar-refractivity contribution in [3.05, 3.63) is 64.6 Å². The van der Waals surface area contributed by atoms with Gasteiger partial charge in [0.15, 0.2) is 0 Å². The highest BCUT2D eigenvalue weighted by atomic mass is 35.5. The summed E-state index contributed by atoms with van der Waals surface area (Å²) in [7, 11) is -3.85. The van der Waals surface area contributed by atoms with Crippen molar-refractivity contribution in [2.45, 2.75) is 24.0 Å². The highest BCUT2D eigenvalue weighted by Gasteiger charge is 2.38. The van der Waals surface area contributed by atoms with Gasteiger partial charge in [0.25, 0.3) is 10.0 Å². The lowest BCUT2D eigenvalue weighted by atomic mass is 10.1. The van der Waals surface area contributed by atoms with Crippen LogP contribution in [0, 0.1) is 5.82 Å². The van der Waals surface area contributed by atoms with Crippen LogP contribution in [0.25, 0.3) is 10.9 Å². The molecular weight excluding hydrogens is 464 g/mol. The molecule has 0 fully saturated rings. The maximum atomic E-state index is 13.4. The molecule has 3 aromatic rings. The maximum absolute atomic E-state index is 13.4. The molecule has 2 aromatic carbocycles. The van der Waals surface area contributed by atoms with E-state index in [0.717, 1.165) is 41.6 Å². The predicted molar refractivity (Wildman–Crippen MR) is 105 cm³/mol. The first-order chi connectivity index (χ1) is 14.4. The number of hydrogen-bond acceptors (Lipinski definition) is 4. The first kappa shape index (κ1) is 23.0. The summed E-state index contributed by atoms with van der Waals surface area (Å²) in [6, 6.07) is 9.08. The molecule has 0 aliphatic carbocycles. The van der Waals surface area contributed by atoms with E-state index in [2.05, 4.69) is 5.32 Å². The Labute approximate surface area is 179 Å². The number of halogens is 5. The van der Waals surface area contributed by atoms with E-state index in [9.17, 15) is 26.0 Å². The van der Waals surface area contributed by atoms with E-state index < -0.39 is 28.0 Å². The van der Waals surface area contributed by atoms with Crippen LogP contribution in [0.1, 0.15) is 11.1 Å². The van der Waals surface area contributed by atoms with E-state index in [4.69, 9.17) is 21.5 Å². The summed E-state index contributed by atoms with van der Waals surface area (Å²) in [5.41, 5.74) is 2.69. The fourth-order valence-corrected chi connectivity index (χ4v) is 4.81. The minimum Gasteiger partial charge on any atom is -0.475 e. The van der Waals surface area contributed by atoms with Crippen molar-refractivity contribution < 1.29 is 35.9 Å². The van der Waals surface area contributed by atoms with Crippen LogP contribution in [0.15, 0.2) is 47.5 Å². The third kappa shape index (κ3) is 4.68. The molecule has 0 unspecified atom stereocenters. The molecule has 4 rings (SSSR count). The summed E-state index contributed by atoms with van der Waals surface area (Å²) in [5, 5.41) is 11.2. The Hall–Kier alpha value is -2.63. The molecule has 0 saturated carbocycles. The van der Waals surface area contributed by atoms with Crippen molar-refractivity contribution >= 4 is 38.5 Å². The molecule has 12 heteroatoms. The summed E-state index contributed by atoms with van der Waals surface area (Å²) in [4.78, 5) is 8.87. The largest absolute Gasteiger partial charge is 0.490 e. The molecule has 166 valence electrons. The SMILES string of the molecule is O=C(O)C(F)(F)F.O=S(=O)(c1ccc(F)c(Cl)c1)n1cc2c3c(cccc31)CNCC2. The summed E-state index contributed by atoms with van der Waals surface area (Å²) < 4.78 is 72.4. The summed E-state index contributed by atoms with van der Waals surface area (Å²) in [5.74, 6) is -3.40. The van der Waals surface area contributed by atoms with Crippen LogP contribution in [0.4, 0.5) is 17.6 Å². The number of aliphatic carboxylic acids is 1. The highest BCUT2D eigenvalue weighted by molar-refractivity contribution is 7.90. The monoisotopic (exact) mass is 478 g/mol. The van der Waals surface area contributed by atoms with Crippen LogP contribution in [0.5, 0.6) is 0 Å². The van der Waals surface area contributed by atoms with Crippen LogP contribution in [-0.2, 0) is 27.8 Å². The average Bonchev–Trinajstić information content (AvgIpc) is 2.94. The molecule has 0 spiro atoms. The van der Waals surface area contributed by atoms with Crippen LogP contribution in [-0.4, -0.2) is 36.2 Å². The first-order valence-corrected chi connectivity index (χ1v) is 10.6. The molecule has 0 amide bonds. The number of nitrogens with one attached hydrogen (secondary N) is 1. The number of aromatic nitrogens is 1. The molecule has 6 nitrogen and oxygen atoms in total. The second kappa shape index (κ2) is 8.48. The summed E-state index contributed by atoms with van der Waals surface area (Å²) in [6.07, 6.45) is -2.67. The molecule has 0 atom stereocenters. The van der Waals surface area contributed by atoms with Gasteiger partial charge in [-0.2, -0.15) is 13.2 Å². The van der Waals surface area contributed by atoms with Gasteiger partial charge >= 0.3 is 12.1 Å². The zero-order valence-corrected chi connectivity index (χ0v) is 17.2. The number of carboxylic acids is 1. The van der Waals surface area contributed by atoms with Gasteiger partial charge in [-0.25, -0.2) is 21.6 Å². The molecule has 0 bridgehead atoms. The number of nitrogens with zero attached hydrogens (tertiary/aromatic N) is 1. The number of rotatable bonds is 2. The van der Waals surface area contributed by atoms with Crippen molar-refractivity contribution in [2.24, 2.45) is 0 Å². The molecule has 1 aliphatic rings. The quantitative estimate of drug-likeness (QED) is 0.544. The molecule has 1 aromatic heterocycles. The average molecular weight is 479 g/mol. The molecule has 2 heterocycles. The summed E-state index contributed by atoms with van der Waals surface area (Å²) >= 11 is 5.76. The van der Waals surface area contributed by atoms with Gasteiger partial charge in [-0.05, 0) is 48.4 Å². The molecule has 1 aliphatic heterocycles. The minimum atomic E-state index is -5.08. The van der Waals surface area contributed by atoms with E-state index in [-0.39, 0.29) is 9.92 Å². The van der Waals surface area contributed by atoms with Gasteiger partial charge < -0.3 is 10.4 Å². The Kier molecular flexibility index (Phi) is 6.30. The van der Waals surface area contributed by atoms with Gasteiger partial charge in [0.2, 0.25) is 0 Å². The fraction of sp³-hybridized carbons (Fsp3) is 0.211. The minimum absolute atomic E-state index is 0.0297. The third-order valence-electron chi connectivity index (χ3n) is 4.54. The van der Waals surface area contributed by atoms with Crippen molar-refractivity contribution in [1.29, 1.82) is 0 Å². The van der Waals surface area contributed by atoms with Crippen LogP contribution >= 0.6 is 11.6 Å². The Bertz CT molecular complexity index is 1260. The lowest BCUT2D eigenvalue weighted by molar-refractivity contribution is -0.192. The smallest absolute Gasteiger partial charge is 0.475 e. The van der Waals surface area contributed by atoms with Crippen molar-refractivity contribution in [1.82, 2.24) is 9.29 Å². The second-order valence-corrected chi connectivity index (χ2v) is 8.79. The highest BCUT2D eigenvalue weighted by Crippen LogP contribution is 2.31. The Morgan fingerprint density at radius 1 is 1.16 bits per heavy atom. The van der Waals surface area contributed by atoms with Gasteiger partial charge in [0.05, 0.1) is 15.4 Å². The third-order valence-corrected chi connectivity index (χ3v) is 6.50. The van der Waals surface area contributed by atoms with Crippen molar-refractivity contribution in [2.75, 3.05) is 6.54 Å². The van der Waals surface area contributed by atoms with Gasteiger partial charge in [-0.3, -0.25) is 0 Å². The van der Waals surface area contributed by atoms with Crippen LogP contribution in [0.3, 0.4) is 0 Å². The van der Waals surface area contributed by atoms with Gasteiger partial charge in [-0.1, -0.05) is 23.7 Å². The molecule has 0 saturated heterocycles. The van der Waals surface area contributed by atoms with Crippen molar-refractivity contribution in [3.8, 4) is 0 Å². The lowest BCUT2D eigenvalue weighted by Crippen LogP contribution is -2.21. The Balaban J connectivity index is 0.000000339. The molecule has 31 heavy (non-hydrogen) atoms. The normalized spacial score (nSPS) is 14.0. The van der Waals surface area contributed by atoms with Gasteiger partial charge in [0.1, 0.15) is 5.82 Å². The number of carboxylic acid groups (broad SMARTS) is 1. The number of hydrogen-bond donors (Lipinski definition) is 2. The second-order valence-electron chi connectivity index (χ2n) is 6.57. The van der Waals surface area contributed by atoms with E-state index in [0.29, 0.717) is 12.1 Å².